The Labute approximate surface area is 120 Å². The van der Waals surface area contributed by atoms with E-state index in [4.69, 9.17) is 4.74 Å². The zero-order chi connectivity index (χ0) is 14.5. The van der Waals surface area contributed by atoms with E-state index < -0.39 is 0 Å². The van der Waals surface area contributed by atoms with Crippen LogP contribution >= 0.6 is 0 Å². The number of hydrogen-bond donors (Lipinski definition) is 1. The largest absolute Gasteiger partial charge is 0.461 e. The van der Waals surface area contributed by atoms with Crippen LogP contribution in [0.2, 0.25) is 0 Å². The van der Waals surface area contributed by atoms with Gasteiger partial charge in [-0.2, -0.15) is 0 Å². The lowest BCUT2D eigenvalue weighted by Crippen LogP contribution is -2.06. The summed E-state index contributed by atoms with van der Waals surface area (Å²) < 4.78 is 5.18. The molecule has 20 heavy (non-hydrogen) atoms. The van der Waals surface area contributed by atoms with E-state index in [1.54, 1.807) is 0 Å². The summed E-state index contributed by atoms with van der Waals surface area (Å²) in [7, 11) is 0. The van der Waals surface area contributed by atoms with Crippen molar-refractivity contribution in [3.63, 3.8) is 0 Å². The predicted molar refractivity (Wildman–Crippen MR) is 80.9 cm³/mol. The molecule has 0 fully saturated rings. The first-order valence-electron chi connectivity index (χ1n) is 7.19. The van der Waals surface area contributed by atoms with Crippen molar-refractivity contribution in [2.45, 2.75) is 33.6 Å². The number of aromatic nitrogens is 1. The minimum absolute atomic E-state index is 0.277. The second-order valence-electron chi connectivity index (χ2n) is 4.63. The topological polar surface area (TPSA) is 42.1 Å². The number of aryl methyl sites for hydroxylation is 1. The van der Waals surface area contributed by atoms with Crippen molar-refractivity contribution in [2.24, 2.45) is 0 Å². The molecule has 0 atom stereocenters. The summed E-state index contributed by atoms with van der Waals surface area (Å²) in [5, 5.41) is 0. The minimum atomic E-state index is -0.277. The molecule has 0 amide bonds. The first kappa shape index (κ1) is 14.4. The van der Waals surface area contributed by atoms with Crippen LogP contribution in [0.15, 0.2) is 30.3 Å². The highest BCUT2D eigenvalue weighted by atomic mass is 16.5. The maximum absolute atomic E-state index is 12.2. The van der Waals surface area contributed by atoms with E-state index in [0.717, 1.165) is 29.7 Å². The van der Waals surface area contributed by atoms with Gasteiger partial charge in [-0.3, -0.25) is 0 Å². The van der Waals surface area contributed by atoms with Gasteiger partial charge < -0.3 is 9.72 Å². The molecule has 0 aliphatic heterocycles. The second kappa shape index (κ2) is 6.42. The van der Waals surface area contributed by atoms with Gasteiger partial charge in [-0.1, -0.05) is 44.2 Å². The number of hydrogen-bond acceptors (Lipinski definition) is 2. The van der Waals surface area contributed by atoms with Crippen molar-refractivity contribution in [1.29, 1.82) is 0 Å². The van der Waals surface area contributed by atoms with Crippen LogP contribution in [0.3, 0.4) is 0 Å². The molecule has 0 saturated carbocycles. The Balaban J connectivity index is 2.62. The summed E-state index contributed by atoms with van der Waals surface area (Å²) in [6.07, 6.45) is 1.77. The number of ether oxygens (including phenoxy) is 1. The normalized spacial score (nSPS) is 10.6. The first-order chi connectivity index (χ1) is 9.72. The summed E-state index contributed by atoms with van der Waals surface area (Å²) >= 11 is 0. The summed E-state index contributed by atoms with van der Waals surface area (Å²) in [5.74, 6) is -0.277. The molecular weight excluding hydrogens is 250 g/mol. The molecule has 0 unspecified atom stereocenters. The molecule has 0 radical (unpaired) electrons. The van der Waals surface area contributed by atoms with Gasteiger partial charge in [0.2, 0.25) is 0 Å². The summed E-state index contributed by atoms with van der Waals surface area (Å²) in [6.45, 7) is 6.41. The SMILES string of the molecule is CCOC(=O)c1[nH]c(CC)c(CC)c1-c1ccccc1. The zero-order valence-corrected chi connectivity index (χ0v) is 12.3. The Bertz CT molecular complexity index is 585. The molecule has 0 bridgehead atoms. The molecule has 1 aromatic heterocycles. The fourth-order valence-electron chi connectivity index (χ4n) is 2.56. The minimum Gasteiger partial charge on any atom is -0.461 e. The monoisotopic (exact) mass is 271 g/mol. The third-order valence-corrected chi connectivity index (χ3v) is 3.44. The number of carbonyl (C=O) groups is 1. The van der Waals surface area contributed by atoms with Gasteiger partial charge in [-0.25, -0.2) is 4.79 Å². The van der Waals surface area contributed by atoms with Crippen molar-refractivity contribution in [3.8, 4) is 11.1 Å². The average molecular weight is 271 g/mol. The highest BCUT2D eigenvalue weighted by molar-refractivity contribution is 5.97. The summed E-state index contributed by atoms with van der Waals surface area (Å²) in [5.41, 5.74) is 4.95. The Morgan fingerprint density at radius 3 is 2.35 bits per heavy atom. The Morgan fingerprint density at radius 1 is 1.10 bits per heavy atom. The molecule has 0 aliphatic rings. The fourth-order valence-corrected chi connectivity index (χ4v) is 2.56. The van der Waals surface area contributed by atoms with Gasteiger partial charge in [0.15, 0.2) is 0 Å². The van der Waals surface area contributed by atoms with Crippen molar-refractivity contribution in [2.75, 3.05) is 6.61 Å². The highest BCUT2D eigenvalue weighted by Crippen LogP contribution is 2.31. The number of benzene rings is 1. The van der Waals surface area contributed by atoms with Crippen LogP contribution in [-0.4, -0.2) is 17.6 Å². The molecule has 1 heterocycles. The summed E-state index contributed by atoms with van der Waals surface area (Å²) in [6, 6.07) is 10.0. The van der Waals surface area contributed by atoms with Crippen LogP contribution < -0.4 is 0 Å². The van der Waals surface area contributed by atoms with Gasteiger partial charge in [0, 0.05) is 11.3 Å². The number of esters is 1. The van der Waals surface area contributed by atoms with E-state index in [-0.39, 0.29) is 5.97 Å². The van der Waals surface area contributed by atoms with E-state index in [1.165, 1.54) is 5.56 Å². The van der Waals surface area contributed by atoms with E-state index in [2.05, 4.69) is 18.8 Å². The maximum Gasteiger partial charge on any atom is 0.355 e. The number of aromatic amines is 1. The summed E-state index contributed by atoms with van der Waals surface area (Å²) in [4.78, 5) is 15.4. The molecule has 1 aromatic carbocycles. The standard InChI is InChI=1S/C17H21NO2/c1-4-13-14(5-2)18-16(17(19)20-6-3)15(13)12-10-8-7-9-11-12/h7-11,18H,4-6H2,1-3H3. The quantitative estimate of drug-likeness (QED) is 0.836. The maximum atomic E-state index is 12.2. The third kappa shape index (κ3) is 2.62. The Hall–Kier alpha value is -2.03. The van der Waals surface area contributed by atoms with Gasteiger partial charge in [-0.15, -0.1) is 0 Å². The molecule has 2 aromatic rings. The molecule has 2 rings (SSSR count). The molecule has 106 valence electrons. The predicted octanol–water partition coefficient (Wildman–Crippen LogP) is 3.98. The molecule has 0 spiro atoms. The zero-order valence-electron chi connectivity index (χ0n) is 12.3. The first-order valence-corrected chi connectivity index (χ1v) is 7.19. The number of rotatable bonds is 5. The van der Waals surface area contributed by atoms with Crippen molar-refractivity contribution in [1.82, 2.24) is 4.98 Å². The number of H-pyrrole nitrogens is 1. The van der Waals surface area contributed by atoms with Crippen LogP contribution in [0.1, 0.15) is 42.5 Å². The van der Waals surface area contributed by atoms with Crippen LogP contribution in [0.5, 0.6) is 0 Å². The van der Waals surface area contributed by atoms with Crippen LogP contribution in [0.25, 0.3) is 11.1 Å². The average Bonchev–Trinajstić information content (AvgIpc) is 2.87. The smallest absolute Gasteiger partial charge is 0.355 e. The molecular formula is C17H21NO2. The fraction of sp³-hybridized carbons (Fsp3) is 0.353. The Morgan fingerprint density at radius 2 is 1.80 bits per heavy atom. The van der Waals surface area contributed by atoms with Gasteiger partial charge in [0.25, 0.3) is 0 Å². The van der Waals surface area contributed by atoms with Crippen molar-refractivity contribution < 1.29 is 9.53 Å². The van der Waals surface area contributed by atoms with E-state index in [1.807, 2.05) is 37.3 Å². The lowest BCUT2D eigenvalue weighted by atomic mass is 9.98. The van der Waals surface area contributed by atoms with E-state index >= 15 is 0 Å². The molecule has 3 nitrogen and oxygen atoms in total. The van der Waals surface area contributed by atoms with Crippen LogP contribution in [-0.2, 0) is 17.6 Å². The molecule has 0 saturated heterocycles. The third-order valence-electron chi connectivity index (χ3n) is 3.44. The van der Waals surface area contributed by atoms with Gasteiger partial charge >= 0.3 is 5.97 Å². The van der Waals surface area contributed by atoms with Gasteiger partial charge in [-0.05, 0) is 30.9 Å². The number of nitrogens with one attached hydrogen (secondary N) is 1. The van der Waals surface area contributed by atoms with E-state index in [9.17, 15) is 4.79 Å². The lowest BCUT2D eigenvalue weighted by molar-refractivity contribution is 0.0521. The molecule has 1 N–H and O–H groups in total. The molecule has 0 aliphatic carbocycles. The van der Waals surface area contributed by atoms with Crippen LogP contribution in [0.4, 0.5) is 0 Å². The van der Waals surface area contributed by atoms with Gasteiger partial charge in [0.1, 0.15) is 5.69 Å². The Kier molecular flexibility index (Phi) is 4.61. The second-order valence-corrected chi connectivity index (χ2v) is 4.63. The highest BCUT2D eigenvalue weighted by Gasteiger charge is 2.22. The van der Waals surface area contributed by atoms with E-state index in [0.29, 0.717) is 12.3 Å². The van der Waals surface area contributed by atoms with Crippen molar-refractivity contribution >= 4 is 5.97 Å². The van der Waals surface area contributed by atoms with Gasteiger partial charge in [0.05, 0.1) is 6.61 Å². The lowest BCUT2D eigenvalue weighted by Gasteiger charge is -2.07. The number of carbonyl (C=O) groups excluding carboxylic acids is 1. The van der Waals surface area contributed by atoms with Crippen LogP contribution in [0, 0.1) is 0 Å². The molecule has 3 heteroatoms. The van der Waals surface area contributed by atoms with Crippen molar-refractivity contribution in [3.05, 3.63) is 47.3 Å².